The van der Waals surface area contributed by atoms with Crippen molar-refractivity contribution in [3.8, 4) is 0 Å². The summed E-state index contributed by atoms with van der Waals surface area (Å²) in [5.74, 6) is 0. The molecule has 2 nitrogen and oxygen atoms in total. The molecule has 0 saturated heterocycles. The maximum atomic E-state index is 3.85. The van der Waals surface area contributed by atoms with E-state index < -0.39 is 0 Å². The average Bonchev–Trinajstić information content (AvgIpc) is 1.76. The molecule has 0 fully saturated rings. The normalized spacial score (nSPS) is 16.0. The van der Waals surface area contributed by atoms with Crippen LogP contribution in [0.15, 0.2) is 4.99 Å². The summed E-state index contributed by atoms with van der Waals surface area (Å²) in [5, 5.41) is 2.93. The van der Waals surface area contributed by atoms with E-state index in [0.717, 1.165) is 13.1 Å². The smallest absolute Gasteiger partial charge is 0.0825 e. The zero-order valence-corrected chi connectivity index (χ0v) is 5.41. The zero-order valence-electron chi connectivity index (χ0n) is 3.24. The van der Waals surface area contributed by atoms with Crippen molar-refractivity contribution >= 4 is 6.34 Å². The Balaban J connectivity index is 0.000000250. The molecule has 39 valence electrons. The summed E-state index contributed by atoms with van der Waals surface area (Å²) < 4.78 is 0. The Morgan fingerprint density at radius 1 is 1.67 bits per heavy atom. The van der Waals surface area contributed by atoms with E-state index in [0.29, 0.717) is 0 Å². The van der Waals surface area contributed by atoms with E-state index in [9.17, 15) is 0 Å². The number of rotatable bonds is 0. The van der Waals surface area contributed by atoms with E-state index >= 15 is 0 Å². The summed E-state index contributed by atoms with van der Waals surface area (Å²) in [6.45, 7) is 1.99. The van der Waals surface area contributed by atoms with Crippen molar-refractivity contribution < 1.29 is 22.4 Å². The fraction of sp³-hybridized carbons (Fsp3) is 0.667. The molecule has 1 aliphatic rings. The van der Waals surface area contributed by atoms with Crippen LogP contribution in [0.25, 0.3) is 0 Å². The summed E-state index contributed by atoms with van der Waals surface area (Å²) in [4.78, 5) is 3.85. The number of hydrogen-bond donors (Lipinski definition) is 1. The first-order chi connectivity index (χ1) is 2.50. The standard InChI is InChI=1S/C3H6N2.Au/c1-2-5-3-4-1;/h3H,1-2H2,(H,4,5);. The van der Waals surface area contributed by atoms with Gasteiger partial charge in [-0.2, -0.15) is 0 Å². The van der Waals surface area contributed by atoms with E-state index in [1.165, 1.54) is 0 Å². The molecule has 1 aliphatic heterocycles. The van der Waals surface area contributed by atoms with Crippen LogP contribution >= 0.6 is 0 Å². The van der Waals surface area contributed by atoms with Crippen LogP contribution in [-0.2, 0) is 22.4 Å². The van der Waals surface area contributed by atoms with Gasteiger partial charge in [0, 0.05) is 28.9 Å². The van der Waals surface area contributed by atoms with Gasteiger partial charge in [0.15, 0.2) is 0 Å². The Hall–Kier alpha value is 0.210. The molecule has 0 atom stereocenters. The van der Waals surface area contributed by atoms with Gasteiger partial charge >= 0.3 is 0 Å². The molecule has 0 bridgehead atoms. The van der Waals surface area contributed by atoms with Gasteiger partial charge in [-0.1, -0.05) is 0 Å². The Kier molecular flexibility index (Phi) is 3.52. The maximum Gasteiger partial charge on any atom is 0.0825 e. The van der Waals surface area contributed by atoms with Gasteiger partial charge in [-0.15, -0.1) is 0 Å². The fourth-order valence-corrected chi connectivity index (χ4v) is 0.323. The molecule has 3 heteroatoms. The van der Waals surface area contributed by atoms with Crippen molar-refractivity contribution in [1.82, 2.24) is 5.32 Å². The minimum Gasteiger partial charge on any atom is -0.375 e. The minimum atomic E-state index is 0. The van der Waals surface area contributed by atoms with E-state index in [1.807, 2.05) is 0 Å². The van der Waals surface area contributed by atoms with Crippen LogP contribution in [0.2, 0.25) is 0 Å². The largest absolute Gasteiger partial charge is 0.375 e. The first kappa shape index (κ1) is 6.21. The van der Waals surface area contributed by atoms with Gasteiger partial charge in [0.2, 0.25) is 0 Å². The SMILES string of the molecule is C1=NCCN1.[Au]. The van der Waals surface area contributed by atoms with Gasteiger partial charge in [0.05, 0.1) is 12.9 Å². The molecule has 0 spiro atoms. The number of aliphatic imine (C=N–C) groups is 1. The summed E-state index contributed by atoms with van der Waals surface area (Å²) in [5.41, 5.74) is 0. The van der Waals surface area contributed by atoms with Gasteiger partial charge in [-0.3, -0.25) is 4.99 Å². The van der Waals surface area contributed by atoms with Crippen LogP contribution in [0.4, 0.5) is 0 Å². The van der Waals surface area contributed by atoms with Gasteiger partial charge < -0.3 is 5.32 Å². The summed E-state index contributed by atoms with van der Waals surface area (Å²) in [6, 6.07) is 0. The molecule has 0 amide bonds. The topological polar surface area (TPSA) is 24.4 Å². The quantitative estimate of drug-likeness (QED) is 0.594. The van der Waals surface area contributed by atoms with E-state index in [4.69, 9.17) is 0 Å². The molecule has 1 heterocycles. The summed E-state index contributed by atoms with van der Waals surface area (Å²) >= 11 is 0. The van der Waals surface area contributed by atoms with Crippen molar-refractivity contribution in [3.63, 3.8) is 0 Å². The maximum absolute atomic E-state index is 3.85. The predicted molar refractivity (Wildman–Crippen MR) is 21.4 cm³/mol. The minimum absolute atomic E-state index is 0. The van der Waals surface area contributed by atoms with Crippen LogP contribution in [-0.4, -0.2) is 19.4 Å². The third-order valence-electron chi connectivity index (χ3n) is 0.568. The van der Waals surface area contributed by atoms with Crippen LogP contribution in [0.1, 0.15) is 0 Å². The molecular formula is C3H6AuN2. The summed E-state index contributed by atoms with van der Waals surface area (Å²) in [6.07, 6.45) is 1.74. The Morgan fingerprint density at radius 2 is 2.50 bits per heavy atom. The first-order valence-electron chi connectivity index (χ1n) is 1.72. The molecule has 6 heavy (non-hydrogen) atoms. The van der Waals surface area contributed by atoms with E-state index in [-0.39, 0.29) is 22.4 Å². The number of hydrogen-bond acceptors (Lipinski definition) is 2. The molecule has 1 rings (SSSR count). The third-order valence-corrected chi connectivity index (χ3v) is 0.568. The second kappa shape index (κ2) is 3.40. The fourth-order valence-electron chi connectivity index (χ4n) is 0.323. The molecular weight excluding hydrogens is 261 g/mol. The molecule has 0 saturated carbocycles. The van der Waals surface area contributed by atoms with Crippen molar-refractivity contribution in [1.29, 1.82) is 0 Å². The van der Waals surface area contributed by atoms with Crippen molar-refractivity contribution in [3.05, 3.63) is 0 Å². The Bertz CT molecular complexity index is 46.8. The predicted octanol–water partition coefficient (Wildman–Crippen LogP) is -0.385. The summed E-state index contributed by atoms with van der Waals surface area (Å²) in [7, 11) is 0. The van der Waals surface area contributed by atoms with Gasteiger partial charge in [0.25, 0.3) is 0 Å². The second-order valence-corrected chi connectivity index (χ2v) is 0.989. The number of nitrogens with one attached hydrogen (secondary N) is 1. The number of nitrogens with zero attached hydrogens (tertiary/aromatic N) is 1. The zero-order chi connectivity index (χ0) is 3.54. The van der Waals surface area contributed by atoms with E-state index in [1.54, 1.807) is 6.34 Å². The van der Waals surface area contributed by atoms with Crippen LogP contribution in [0, 0.1) is 0 Å². The Morgan fingerprint density at radius 3 is 2.67 bits per heavy atom. The molecule has 1 radical (unpaired) electrons. The molecule has 0 unspecified atom stereocenters. The van der Waals surface area contributed by atoms with Crippen molar-refractivity contribution in [2.45, 2.75) is 0 Å². The first-order valence-corrected chi connectivity index (χ1v) is 1.72. The van der Waals surface area contributed by atoms with Crippen LogP contribution in [0.5, 0.6) is 0 Å². The van der Waals surface area contributed by atoms with Crippen LogP contribution in [0.3, 0.4) is 0 Å². The van der Waals surface area contributed by atoms with E-state index in [2.05, 4.69) is 10.3 Å². The van der Waals surface area contributed by atoms with Gasteiger partial charge in [-0.05, 0) is 0 Å². The molecule has 1 N–H and O–H groups in total. The van der Waals surface area contributed by atoms with Crippen LogP contribution < -0.4 is 5.32 Å². The Labute approximate surface area is 52.5 Å². The van der Waals surface area contributed by atoms with Gasteiger partial charge in [0.1, 0.15) is 0 Å². The van der Waals surface area contributed by atoms with Crippen molar-refractivity contribution in [2.75, 3.05) is 13.1 Å². The molecule has 0 aromatic carbocycles. The van der Waals surface area contributed by atoms with Gasteiger partial charge in [-0.25, -0.2) is 0 Å². The van der Waals surface area contributed by atoms with Crippen molar-refractivity contribution in [2.24, 2.45) is 4.99 Å². The average molecular weight is 267 g/mol. The third kappa shape index (κ3) is 1.60. The monoisotopic (exact) mass is 267 g/mol. The molecule has 0 aromatic rings. The molecule has 0 aromatic heterocycles. The second-order valence-electron chi connectivity index (χ2n) is 0.989. The molecule has 0 aliphatic carbocycles.